The fraction of sp³-hybridized carbons (Fsp3) is 0.778. The first-order valence-electron chi connectivity index (χ1n) is 4.88. The van der Waals surface area contributed by atoms with E-state index < -0.39 is 0 Å². The molecule has 0 aromatic heterocycles. The predicted octanol–water partition coefficient (Wildman–Crippen LogP) is 0.871. The lowest BCUT2D eigenvalue weighted by Gasteiger charge is -2.31. The highest BCUT2D eigenvalue weighted by atomic mass is 16.2. The number of imide groups is 1. The number of urea groups is 1. The van der Waals surface area contributed by atoms with Gasteiger partial charge in [0, 0.05) is 19.0 Å². The Morgan fingerprint density at radius 3 is 2.54 bits per heavy atom. The van der Waals surface area contributed by atoms with E-state index in [1.54, 1.807) is 0 Å². The van der Waals surface area contributed by atoms with Crippen LogP contribution in [0.1, 0.15) is 32.1 Å². The van der Waals surface area contributed by atoms with Gasteiger partial charge in [-0.15, -0.1) is 0 Å². The fourth-order valence-electron chi connectivity index (χ4n) is 2.14. The van der Waals surface area contributed by atoms with Crippen LogP contribution in [0.2, 0.25) is 0 Å². The van der Waals surface area contributed by atoms with Gasteiger partial charge in [0.25, 0.3) is 0 Å². The summed E-state index contributed by atoms with van der Waals surface area (Å²) in [6, 6.07) is 0.191. The van der Waals surface area contributed by atoms with Crippen molar-refractivity contribution in [3.63, 3.8) is 0 Å². The molecule has 2 fully saturated rings. The zero-order valence-corrected chi connectivity index (χ0v) is 7.58. The van der Waals surface area contributed by atoms with Crippen LogP contribution in [-0.4, -0.2) is 29.4 Å². The molecule has 1 heterocycles. The molecular formula is C9H14N2O2. The van der Waals surface area contributed by atoms with Crippen LogP contribution in [0.25, 0.3) is 0 Å². The maximum absolute atomic E-state index is 11.4. The third-order valence-electron chi connectivity index (χ3n) is 2.85. The van der Waals surface area contributed by atoms with Gasteiger partial charge < -0.3 is 4.90 Å². The van der Waals surface area contributed by atoms with Crippen LogP contribution < -0.4 is 5.32 Å². The molecule has 72 valence electrons. The van der Waals surface area contributed by atoms with Gasteiger partial charge in [-0.25, -0.2) is 4.79 Å². The molecule has 1 saturated heterocycles. The Balaban J connectivity index is 1.98. The average Bonchev–Trinajstić information content (AvgIpc) is 2.56. The van der Waals surface area contributed by atoms with Crippen molar-refractivity contribution < 1.29 is 9.59 Å². The van der Waals surface area contributed by atoms with Crippen molar-refractivity contribution in [3.05, 3.63) is 0 Å². The first-order chi connectivity index (χ1) is 6.27. The van der Waals surface area contributed by atoms with Crippen molar-refractivity contribution in [1.82, 2.24) is 10.2 Å². The van der Waals surface area contributed by atoms with Crippen molar-refractivity contribution in [2.75, 3.05) is 6.54 Å². The van der Waals surface area contributed by atoms with E-state index in [1.807, 2.05) is 4.90 Å². The SMILES string of the molecule is O=C1CCN(C2CCCC2)C(=O)N1. The lowest BCUT2D eigenvalue weighted by atomic mass is 10.2. The molecule has 0 unspecified atom stereocenters. The van der Waals surface area contributed by atoms with Gasteiger partial charge in [-0.2, -0.15) is 0 Å². The van der Waals surface area contributed by atoms with E-state index in [-0.39, 0.29) is 11.9 Å². The second-order valence-electron chi connectivity index (χ2n) is 3.74. The van der Waals surface area contributed by atoms with E-state index in [9.17, 15) is 9.59 Å². The maximum atomic E-state index is 11.4. The Bertz CT molecular complexity index is 234. The van der Waals surface area contributed by atoms with Crippen molar-refractivity contribution in [2.45, 2.75) is 38.1 Å². The fourth-order valence-corrected chi connectivity index (χ4v) is 2.14. The van der Waals surface area contributed by atoms with E-state index in [0.29, 0.717) is 19.0 Å². The topological polar surface area (TPSA) is 49.4 Å². The summed E-state index contributed by atoms with van der Waals surface area (Å²) >= 11 is 0. The van der Waals surface area contributed by atoms with E-state index >= 15 is 0 Å². The molecule has 1 saturated carbocycles. The van der Waals surface area contributed by atoms with Gasteiger partial charge in [0.05, 0.1) is 0 Å². The minimum atomic E-state index is -0.192. The van der Waals surface area contributed by atoms with Gasteiger partial charge in [0.2, 0.25) is 5.91 Å². The molecule has 0 aromatic rings. The quantitative estimate of drug-likeness (QED) is 0.654. The first-order valence-corrected chi connectivity index (χ1v) is 4.88. The van der Waals surface area contributed by atoms with Crippen LogP contribution in [0, 0.1) is 0 Å². The van der Waals surface area contributed by atoms with E-state index in [1.165, 1.54) is 12.8 Å². The molecule has 0 spiro atoms. The van der Waals surface area contributed by atoms with Crippen LogP contribution in [0.15, 0.2) is 0 Å². The number of hydrogen-bond donors (Lipinski definition) is 1. The second-order valence-corrected chi connectivity index (χ2v) is 3.74. The molecule has 1 aliphatic heterocycles. The van der Waals surface area contributed by atoms with Gasteiger partial charge in [0.1, 0.15) is 0 Å². The number of nitrogens with zero attached hydrogens (tertiary/aromatic N) is 1. The average molecular weight is 182 g/mol. The van der Waals surface area contributed by atoms with Crippen molar-refractivity contribution in [2.24, 2.45) is 0 Å². The Kier molecular flexibility index (Phi) is 2.20. The van der Waals surface area contributed by atoms with Gasteiger partial charge in [-0.1, -0.05) is 12.8 Å². The van der Waals surface area contributed by atoms with Gasteiger partial charge in [-0.05, 0) is 12.8 Å². The maximum Gasteiger partial charge on any atom is 0.324 e. The van der Waals surface area contributed by atoms with E-state index in [2.05, 4.69) is 5.32 Å². The lowest BCUT2D eigenvalue weighted by Crippen LogP contribution is -2.52. The zero-order chi connectivity index (χ0) is 9.26. The monoisotopic (exact) mass is 182 g/mol. The predicted molar refractivity (Wildman–Crippen MR) is 47.1 cm³/mol. The van der Waals surface area contributed by atoms with Crippen LogP contribution in [0.3, 0.4) is 0 Å². The molecule has 0 atom stereocenters. The Labute approximate surface area is 77.3 Å². The number of hydrogen-bond acceptors (Lipinski definition) is 2. The number of carbonyl (C=O) groups is 2. The molecule has 13 heavy (non-hydrogen) atoms. The van der Waals surface area contributed by atoms with Crippen molar-refractivity contribution in [3.8, 4) is 0 Å². The molecule has 0 aromatic carbocycles. The third kappa shape index (κ3) is 1.66. The van der Waals surface area contributed by atoms with Crippen LogP contribution in [0.4, 0.5) is 4.79 Å². The summed E-state index contributed by atoms with van der Waals surface area (Å²) in [6.07, 6.45) is 5.08. The summed E-state index contributed by atoms with van der Waals surface area (Å²) in [6.45, 7) is 0.606. The van der Waals surface area contributed by atoms with Crippen molar-refractivity contribution >= 4 is 11.9 Å². The van der Waals surface area contributed by atoms with Crippen LogP contribution >= 0.6 is 0 Å². The van der Waals surface area contributed by atoms with E-state index in [0.717, 1.165) is 12.8 Å². The first kappa shape index (κ1) is 8.53. The molecule has 1 N–H and O–H groups in total. The van der Waals surface area contributed by atoms with Crippen LogP contribution in [-0.2, 0) is 4.79 Å². The number of amides is 3. The van der Waals surface area contributed by atoms with Gasteiger partial charge in [-0.3, -0.25) is 10.1 Å². The molecule has 0 radical (unpaired) electrons. The number of rotatable bonds is 1. The molecule has 4 nitrogen and oxygen atoms in total. The highest BCUT2D eigenvalue weighted by molar-refractivity contribution is 5.96. The highest BCUT2D eigenvalue weighted by Crippen LogP contribution is 2.24. The molecule has 0 bridgehead atoms. The Hall–Kier alpha value is -1.06. The van der Waals surface area contributed by atoms with Gasteiger partial charge >= 0.3 is 6.03 Å². The normalized spacial score (nSPS) is 25.1. The third-order valence-corrected chi connectivity index (χ3v) is 2.85. The largest absolute Gasteiger partial charge is 0.324 e. The van der Waals surface area contributed by atoms with Crippen LogP contribution in [0.5, 0.6) is 0 Å². The minimum absolute atomic E-state index is 0.140. The van der Waals surface area contributed by atoms with Crippen molar-refractivity contribution in [1.29, 1.82) is 0 Å². The molecule has 2 rings (SSSR count). The molecule has 2 aliphatic rings. The minimum Gasteiger partial charge on any atom is -0.321 e. The summed E-state index contributed by atoms with van der Waals surface area (Å²) in [4.78, 5) is 24.1. The Morgan fingerprint density at radius 2 is 1.92 bits per heavy atom. The van der Waals surface area contributed by atoms with E-state index in [4.69, 9.17) is 0 Å². The smallest absolute Gasteiger partial charge is 0.321 e. The zero-order valence-electron chi connectivity index (χ0n) is 7.58. The molecule has 4 heteroatoms. The standard InChI is InChI=1S/C9H14N2O2/c12-8-5-6-11(9(13)10-8)7-3-1-2-4-7/h7H,1-6H2,(H,10,12,13). The summed E-state index contributed by atoms with van der Waals surface area (Å²) in [5.41, 5.74) is 0. The highest BCUT2D eigenvalue weighted by Gasteiger charge is 2.30. The summed E-state index contributed by atoms with van der Waals surface area (Å²) < 4.78 is 0. The molecular weight excluding hydrogens is 168 g/mol. The summed E-state index contributed by atoms with van der Waals surface area (Å²) in [7, 11) is 0. The Morgan fingerprint density at radius 1 is 1.23 bits per heavy atom. The number of carbonyl (C=O) groups excluding carboxylic acids is 2. The summed E-state index contributed by atoms with van der Waals surface area (Å²) in [5, 5.41) is 2.35. The second kappa shape index (κ2) is 3.36. The molecule has 1 aliphatic carbocycles. The number of nitrogens with one attached hydrogen (secondary N) is 1. The molecule has 3 amide bonds. The lowest BCUT2D eigenvalue weighted by molar-refractivity contribution is -0.121. The summed E-state index contributed by atoms with van der Waals surface area (Å²) in [5.74, 6) is -0.140. The van der Waals surface area contributed by atoms with Gasteiger partial charge in [0.15, 0.2) is 0 Å².